The number of allylic oxidation sites excluding steroid dienone is 3. The van der Waals surface area contributed by atoms with Crippen LogP contribution in [0.1, 0.15) is 73.1 Å². The van der Waals surface area contributed by atoms with Crippen molar-refractivity contribution in [3.63, 3.8) is 0 Å². The smallest absolute Gasteiger partial charge is 0.334 e. The van der Waals surface area contributed by atoms with Crippen molar-refractivity contribution in [2.24, 2.45) is 22.7 Å². The van der Waals surface area contributed by atoms with Gasteiger partial charge in [0.25, 0.3) is 0 Å². The number of hydrogen-bond acceptors (Lipinski definition) is 9. The highest BCUT2D eigenvalue weighted by Crippen LogP contribution is 2.71. The lowest BCUT2D eigenvalue weighted by atomic mass is 9.43. The van der Waals surface area contributed by atoms with Crippen LogP contribution in [0.15, 0.2) is 34.9 Å². The Labute approximate surface area is 228 Å². The summed E-state index contributed by atoms with van der Waals surface area (Å²) in [6, 6.07) is 0. The first kappa shape index (κ1) is 28.2. The van der Waals surface area contributed by atoms with E-state index in [1.807, 2.05) is 6.92 Å². The number of esters is 2. The number of fused-ring (bicyclic) bond motifs is 5. The quantitative estimate of drug-likeness (QED) is 0.390. The molecule has 0 aromatic carbocycles. The third-order valence-electron chi connectivity index (χ3n) is 11.4. The van der Waals surface area contributed by atoms with Gasteiger partial charge in [-0.3, -0.25) is 9.59 Å². The Balaban J connectivity index is 1.62. The molecule has 0 bridgehead atoms. The van der Waals surface area contributed by atoms with Crippen LogP contribution in [-0.2, 0) is 23.9 Å². The van der Waals surface area contributed by atoms with E-state index in [9.17, 15) is 34.8 Å². The van der Waals surface area contributed by atoms with E-state index in [1.54, 1.807) is 26.0 Å². The summed E-state index contributed by atoms with van der Waals surface area (Å²) in [4.78, 5) is 37.9. The third-order valence-corrected chi connectivity index (χ3v) is 11.4. The van der Waals surface area contributed by atoms with Gasteiger partial charge in [-0.15, -0.1) is 0 Å². The van der Waals surface area contributed by atoms with Gasteiger partial charge in [-0.1, -0.05) is 17.7 Å². The molecule has 3 fully saturated rings. The fourth-order valence-electron chi connectivity index (χ4n) is 8.83. The Morgan fingerprint density at radius 1 is 1.18 bits per heavy atom. The summed E-state index contributed by atoms with van der Waals surface area (Å²) in [6.07, 6.45) is 3.71. The van der Waals surface area contributed by atoms with Crippen molar-refractivity contribution in [1.29, 1.82) is 0 Å². The first-order chi connectivity index (χ1) is 18.1. The highest BCUT2D eigenvalue weighted by atomic mass is 16.6. The molecule has 9 nitrogen and oxygen atoms in total. The maximum atomic E-state index is 13.3. The number of hydrogen-bond donors (Lipinski definition) is 4. The molecule has 5 aliphatic rings. The second-order valence-corrected chi connectivity index (χ2v) is 12.8. The molecule has 0 unspecified atom stereocenters. The average molecular weight is 545 g/mol. The van der Waals surface area contributed by atoms with E-state index in [1.165, 1.54) is 19.9 Å². The zero-order valence-electron chi connectivity index (χ0n) is 23.3. The minimum atomic E-state index is -2.02. The zero-order chi connectivity index (χ0) is 28.8. The summed E-state index contributed by atoms with van der Waals surface area (Å²) in [5.74, 6) is -2.29. The van der Waals surface area contributed by atoms with Gasteiger partial charge in [0.1, 0.15) is 23.9 Å². The van der Waals surface area contributed by atoms with E-state index in [0.717, 1.165) is 5.57 Å². The molecule has 0 amide bonds. The molecular formula is C30H40O9. The summed E-state index contributed by atoms with van der Waals surface area (Å²) in [6.45, 7) is 7.52. The molecule has 0 aromatic heterocycles. The van der Waals surface area contributed by atoms with Crippen molar-refractivity contribution in [1.82, 2.24) is 0 Å². The molecule has 4 aliphatic carbocycles. The van der Waals surface area contributed by atoms with Crippen molar-refractivity contribution < 1.29 is 44.3 Å². The summed E-state index contributed by atoms with van der Waals surface area (Å²) in [5, 5.41) is 48.6. The normalized spacial score (nSPS) is 45.0. The van der Waals surface area contributed by atoms with Crippen LogP contribution in [0.4, 0.5) is 0 Å². The number of ether oxygens (including phenoxy) is 2. The first-order valence-electron chi connectivity index (χ1n) is 13.9. The van der Waals surface area contributed by atoms with Crippen LogP contribution >= 0.6 is 0 Å². The zero-order valence-corrected chi connectivity index (χ0v) is 23.3. The van der Waals surface area contributed by atoms with Crippen molar-refractivity contribution in [3.8, 4) is 0 Å². The van der Waals surface area contributed by atoms with E-state index in [0.29, 0.717) is 17.6 Å². The molecule has 0 radical (unpaired) electrons. The van der Waals surface area contributed by atoms with E-state index in [4.69, 9.17) is 9.47 Å². The molecule has 1 aliphatic heterocycles. The molecular weight excluding hydrogens is 504 g/mol. The molecule has 5 rings (SSSR count). The van der Waals surface area contributed by atoms with Crippen LogP contribution in [-0.4, -0.2) is 73.8 Å². The summed E-state index contributed by atoms with van der Waals surface area (Å²) in [5.41, 5.74) is -6.50. The van der Waals surface area contributed by atoms with Gasteiger partial charge in [0, 0.05) is 18.9 Å². The summed E-state index contributed by atoms with van der Waals surface area (Å²) < 4.78 is 11.1. The molecule has 214 valence electrons. The van der Waals surface area contributed by atoms with Crippen LogP contribution in [0.3, 0.4) is 0 Å². The predicted molar refractivity (Wildman–Crippen MR) is 139 cm³/mol. The minimum absolute atomic E-state index is 0.0441. The Morgan fingerprint density at radius 2 is 1.87 bits per heavy atom. The maximum Gasteiger partial charge on any atom is 0.334 e. The molecule has 0 spiro atoms. The van der Waals surface area contributed by atoms with E-state index < -0.39 is 57.7 Å². The summed E-state index contributed by atoms with van der Waals surface area (Å²) >= 11 is 0. The fourth-order valence-corrected chi connectivity index (χ4v) is 8.83. The van der Waals surface area contributed by atoms with Crippen LogP contribution in [0.5, 0.6) is 0 Å². The van der Waals surface area contributed by atoms with Crippen LogP contribution < -0.4 is 0 Å². The van der Waals surface area contributed by atoms with Gasteiger partial charge in [-0.25, -0.2) is 4.79 Å². The monoisotopic (exact) mass is 544 g/mol. The van der Waals surface area contributed by atoms with Gasteiger partial charge < -0.3 is 29.9 Å². The lowest BCUT2D eigenvalue weighted by Crippen LogP contribution is -2.75. The second-order valence-electron chi connectivity index (χ2n) is 12.8. The van der Waals surface area contributed by atoms with E-state index in [2.05, 4.69) is 0 Å². The number of rotatable bonds is 4. The number of cyclic esters (lactones) is 1. The Bertz CT molecular complexity index is 1210. The molecule has 4 N–H and O–H groups in total. The van der Waals surface area contributed by atoms with Gasteiger partial charge >= 0.3 is 11.9 Å². The van der Waals surface area contributed by atoms with Crippen molar-refractivity contribution in [2.75, 3.05) is 6.61 Å². The predicted octanol–water partition coefficient (Wildman–Crippen LogP) is 2.06. The first-order valence-corrected chi connectivity index (χ1v) is 13.9. The van der Waals surface area contributed by atoms with E-state index in [-0.39, 0.29) is 50.4 Å². The Kier molecular flexibility index (Phi) is 6.39. The van der Waals surface area contributed by atoms with Gasteiger partial charge in [-0.05, 0) is 83.3 Å². The average Bonchev–Trinajstić information content (AvgIpc) is 3.11. The van der Waals surface area contributed by atoms with E-state index >= 15 is 0 Å². The van der Waals surface area contributed by atoms with Crippen LogP contribution in [0, 0.1) is 22.7 Å². The molecule has 0 aromatic rings. The lowest BCUT2D eigenvalue weighted by Gasteiger charge is -2.64. The number of carbonyl (C=O) groups is 3. The van der Waals surface area contributed by atoms with Gasteiger partial charge in [0.15, 0.2) is 5.78 Å². The number of aliphatic hydroxyl groups is 4. The largest absolute Gasteiger partial charge is 0.465 e. The van der Waals surface area contributed by atoms with Crippen molar-refractivity contribution in [2.45, 2.75) is 102 Å². The van der Waals surface area contributed by atoms with Crippen LogP contribution in [0.2, 0.25) is 0 Å². The highest BCUT2D eigenvalue weighted by Gasteiger charge is 2.79. The molecule has 0 saturated heterocycles. The van der Waals surface area contributed by atoms with Crippen molar-refractivity contribution >= 4 is 17.7 Å². The SMILES string of the molecule is CC(=O)OC[C@]12CC[C@H]3[C@@H](C[C@@H](O)C4=CC=CC(=O)[C@@]43C)[C@]1(O)CC[C@@]2(O)[C@@](C)(O)[C@H]1CC(C)=C(C)C(=O)O1. The second kappa shape index (κ2) is 8.83. The Morgan fingerprint density at radius 3 is 2.51 bits per heavy atom. The summed E-state index contributed by atoms with van der Waals surface area (Å²) in [7, 11) is 0. The topological polar surface area (TPSA) is 151 Å². The van der Waals surface area contributed by atoms with Gasteiger partial charge in [0.2, 0.25) is 0 Å². The minimum Gasteiger partial charge on any atom is -0.465 e. The van der Waals surface area contributed by atoms with Crippen molar-refractivity contribution in [3.05, 3.63) is 34.9 Å². The lowest BCUT2D eigenvalue weighted by molar-refractivity contribution is -0.297. The number of ketones is 1. The standard InChI is InChI=1S/C30H40O9/c1-16-13-24(39-25(34)17(16)2)27(5,35)30(37)12-11-29(36)21-14-22(32)20-7-6-8-23(33)26(20,4)19(21)9-10-28(29,30)15-38-18(3)31/h6-8,19,21-22,24,32,35-37H,9-15H2,1-5H3/t19-,21+,22+,24+,26+,27-,28+,29+,30+/m0/s1. The van der Waals surface area contributed by atoms with Gasteiger partial charge in [0.05, 0.1) is 22.5 Å². The maximum absolute atomic E-state index is 13.3. The molecule has 1 heterocycles. The Hall–Kier alpha value is -2.33. The molecule has 9 heteroatoms. The molecule has 9 atom stereocenters. The van der Waals surface area contributed by atoms with Gasteiger partial charge in [-0.2, -0.15) is 0 Å². The van der Waals surface area contributed by atoms with Crippen LogP contribution in [0.25, 0.3) is 0 Å². The highest BCUT2D eigenvalue weighted by molar-refractivity contribution is 5.99. The molecule has 39 heavy (non-hydrogen) atoms. The number of aliphatic hydroxyl groups excluding tert-OH is 1. The molecule has 3 saturated carbocycles. The third kappa shape index (κ3) is 3.49. The fraction of sp³-hybridized carbons (Fsp3) is 0.700. The number of carbonyl (C=O) groups excluding carboxylic acids is 3.